The molecular formula is C6H7NO4. The third-order valence-electron chi connectivity index (χ3n) is 1.26. The molecule has 0 amide bonds. The van der Waals surface area contributed by atoms with Crippen LogP contribution in [-0.2, 0) is 4.74 Å². The van der Waals surface area contributed by atoms with Crippen LogP contribution in [0, 0.1) is 10.1 Å². The third-order valence-corrected chi connectivity index (χ3v) is 1.26. The summed E-state index contributed by atoms with van der Waals surface area (Å²) in [6.07, 6.45) is 2.72. The number of rotatable bonds is 2. The first-order chi connectivity index (χ1) is 5.24. The van der Waals surface area contributed by atoms with Crippen molar-refractivity contribution in [1.82, 2.24) is 0 Å². The van der Waals surface area contributed by atoms with E-state index < -0.39 is 4.92 Å². The Bertz CT molecular complexity index is 231. The van der Waals surface area contributed by atoms with Gasteiger partial charge in [-0.25, -0.2) is 0 Å². The Kier molecular flexibility index (Phi) is 2.22. The van der Waals surface area contributed by atoms with Crippen molar-refractivity contribution in [1.29, 1.82) is 0 Å². The Morgan fingerprint density at radius 2 is 2.45 bits per heavy atom. The molecule has 0 aromatic carbocycles. The van der Waals surface area contributed by atoms with E-state index >= 15 is 0 Å². The summed E-state index contributed by atoms with van der Waals surface area (Å²) in [5.41, 5.74) is 0.00204. The molecule has 1 aliphatic rings. The Balaban J connectivity index is 2.69. The van der Waals surface area contributed by atoms with Gasteiger partial charge in [0.05, 0.1) is 4.92 Å². The number of allylic oxidation sites excluding steroid dienone is 2. The number of nitro groups is 1. The number of nitrogens with zero attached hydrogens (tertiary/aromatic N) is 1. The SMILES string of the molecule is O=[N+]([O-])C1=CC=C(CO)OC1. The van der Waals surface area contributed by atoms with Crippen molar-refractivity contribution in [2.45, 2.75) is 0 Å². The molecule has 0 aromatic rings. The van der Waals surface area contributed by atoms with Crippen LogP contribution in [0.2, 0.25) is 0 Å². The minimum Gasteiger partial charge on any atom is -0.484 e. The van der Waals surface area contributed by atoms with Crippen LogP contribution >= 0.6 is 0 Å². The number of aliphatic hydroxyl groups is 1. The van der Waals surface area contributed by atoms with E-state index in [-0.39, 0.29) is 18.9 Å². The van der Waals surface area contributed by atoms with E-state index in [2.05, 4.69) is 0 Å². The summed E-state index contributed by atoms with van der Waals surface area (Å²) in [7, 11) is 0. The molecule has 0 aliphatic carbocycles. The lowest BCUT2D eigenvalue weighted by molar-refractivity contribution is -0.430. The average molecular weight is 157 g/mol. The number of aliphatic hydroxyl groups excluding tert-OH is 1. The van der Waals surface area contributed by atoms with Gasteiger partial charge in [0, 0.05) is 6.08 Å². The lowest BCUT2D eigenvalue weighted by Gasteiger charge is -2.08. The second kappa shape index (κ2) is 3.16. The van der Waals surface area contributed by atoms with Gasteiger partial charge in [-0.2, -0.15) is 0 Å². The monoisotopic (exact) mass is 157 g/mol. The van der Waals surface area contributed by atoms with E-state index in [0.717, 1.165) is 0 Å². The molecule has 11 heavy (non-hydrogen) atoms. The fraction of sp³-hybridized carbons (Fsp3) is 0.333. The molecular weight excluding hydrogens is 150 g/mol. The molecule has 0 bridgehead atoms. The molecule has 0 unspecified atom stereocenters. The maximum Gasteiger partial charge on any atom is 0.283 e. The predicted octanol–water partition coefficient (Wildman–Crippen LogP) is 0.0534. The maximum absolute atomic E-state index is 10.1. The minimum atomic E-state index is -0.509. The Hall–Kier alpha value is -1.36. The van der Waals surface area contributed by atoms with Crippen LogP contribution in [0.3, 0.4) is 0 Å². The molecule has 0 aromatic heterocycles. The Labute approximate surface area is 62.7 Å². The van der Waals surface area contributed by atoms with Crippen molar-refractivity contribution in [2.75, 3.05) is 13.2 Å². The zero-order chi connectivity index (χ0) is 8.27. The van der Waals surface area contributed by atoms with E-state index in [1.807, 2.05) is 0 Å². The topological polar surface area (TPSA) is 72.6 Å². The van der Waals surface area contributed by atoms with Gasteiger partial charge < -0.3 is 9.84 Å². The van der Waals surface area contributed by atoms with Crippen LogP contribution in [0.15, 0.2) is 23.6 Å². The minimum absolute atomic E-state index is 0.00204. The zero-order valence-corrected chi connectivity index (χ0v) is 5.69. The summed E-state index contributed by atoms with van der Waals surface area (Å²) in [6.45, 7) is -0.291. The molecule has 0 radical (unpaired) electrons. The fourth-order valence-electron chi connectivity index (χ4n) is 0.664. The van der Waals surface area contributed by atoms with Gasteiger partial charge in [0.15, 0.2) is 6.61 Å². The Morgan fingerprint density at radius 1 is 1.73 bits per heavy atom. The van der Waals surface area contributed by atoms with Crippen molar-refractivity contribution in [2.24, 2.45) is 0 Å². The number of hydrogen-bond donors (Lipinski definition) is 1. The van der Waals surface area contributed by atoms with Crippen LogP contribution in [0.25, 0.3) is 0 Å². The van der Waals surface area contributed by atoms with Crippen LogP contribution in [0.4, 0.5) is 0 Å². The van der Waals surface area contributed by atoms with Gasteiger partial charge in [0.25, 0.3) is 5.70 Å². The molecule has 5 heteroatoms. The standard InChI is InChI=1S/C6H7NO4/c8-3-6-2-1-5(4-11-6)7(9)10/h1-2,8H,3-4H2. The maximum atomic E-state index is 10.1. The van der Waals surface area contributed by atoms with Crippen molar-refractivity contribution in [3.05, 3.63) is 33.7 Å². The van der Waals surface area contributed by atoms with Crippen molar-refractivity contribution >= 4 is 0 Å². The molecule has 5 nitrogen and oxygen atoms in total. The van der Waals surface area contributed by atoms with Crippen LogP contribution in [-0.4, -0.2) is 23.2 Å². The van der Waals surface area contributed by atoms with Gasteiger partial charge in [-0.05, 0) is 6.08 Å². The number of hydrogen-bond acceptors (Lipinski definition) is 4. The number of ether oxygens (including phenoxy) is 1. The second-order valence-electron chi connectivity index (χ2n) is 1.99. The van der Waals surface area contributed by atoms with Gasteiger partial charge in [0.1, 0.15) is 12.4 Å². The summed E-state index contributed by atoms with van der Waals surface area (Å²) in [5, 5.41) is 18.6. The first-order valence-corrected chi connectivity index (χ1v) is 3.02. The highest BCUT2D eigenvalue weighted by Crippen LogP contribution is 2.09. The highest BCUT2D eigenvalue weighted by atomic mass is 16.6. The van der Waals surface area contributed by atoms with Gasteiger partial charge in [-0.3, -0.25) is 10.1 Å². The summed E-state index contributed by atoms with van der Waals surface area (Å²) < 4.78 is 4.80. The zero-order valence-electron chi connectivity index (χ0n) is 5.69. The van der Waals surface area contributed by atoms with E-state index in [1.165, 1.54) is 12.2 Å². The van der Waals surface area contributed by atoms with Crippen molar-refractivity contribution in [3.63, 3.8) is 0 Å². The lowest BCUT2D eigenvalue weighted by atomic mass is 10.3. The third kappa shape index (κ3) is 1.78. The van der Waals surface area contributed by atoms with E-state index in [0.29, 0.717) is 5.76 Å². The molecule has 1 N–H and O–H groups in total. The highest BCUT2D eigenvalue weighted by Gasteiger charge is 2.14. The normalized spacial score (nSPS) is 16.5. The van der Waals surface area contributed by atoms with Crippen molar-refractivity contribution in [3.8, 4) is 0 Å². The lowest BCUT2D eigenvalue weighted by Crippen LogP contribution is -2.11. The van der Waals surface area contributed by atoms with Gasteiger partial charge in [-0.15, -0.1) is 0 Å². The van der Waals surface area contributed by atoms with Crippen LogP contribution in [0.5, 0.6) is 0 Å². The summed E-state index contributed by atoms with van der Waals surface area (Å²) in [6, 6.07) is 0. The smallest absolute Gasteiger partial charge is 0.283 e. The molecule has 0 saturated heterocycles. The summed E-state index contributed by atoms with van der Waals surface area (Å²) >= 11 is 0. The first kappa shape index (κ1) is 7.74. The molecule has 1 heterocycles. The average Bonchev–Trinajstić information content (AvgIpc) is 2.05. The quantitative estimate of drug-likeness (QED) is 0.454. The van der Waals surface area contributed by atoms with Crippen LogP contribution in [0.1, 0.15) is 0 Å². The Morgan fingerprint density at radius 3 is 2.82 bits per heavy atom. The van der Waals surface area contributed by atoms with Gasteiger partial charge in [0.2, 0.25) is 0 Å². The molecule has 0 spiro atoms. The molecule has 0 atom stereocenters. The predicted molar refractivity (Wildman–Crippen MR) is 36.2 cm³/mol. The van der Waals surface area contributed by atoms with E-state index in [9.17, 15) is 10.1 Å². The van der Waals surface area contributed by atoms with Gasteiger partial charge >= 0.3 is 0 Å². The molecule has 0 fully saturated rings. The highest BCUT2D eigenvalue weighted by molar-refractivity contribution is 5.15. The van der Waals surface area contributed by atoms with E-state index in [1.54, 1.807) is 0 Å². The first-order valence-electron chi connectivity index (χ1n) is 3.02. The molecule has 1 aliphatic heterocycles. The van der Waals surface area contributed by atoms with Crippen LogP contribution < -0.4 is 0 Å². The summed E-state index contributed by atoms with van der Waals surface area (Å²) in [4.78, 5) is 9.61. The second-order valence-corrected chi connectivity index (χ2v) is 1.99. The molecule has 60 valence electrons. The van der Waals surface area contributed by atoms with E-state index in [4.69, 9.17) is 9.84 Å². The molecule has 0 saturated carbocycles. The fourth-order valence-corrected chi connectivity index (χ4v) is 0.664. The molecule has 1 rings (SSSR count). The van der Waals surface area contributed by atoms with Gasteiger partial charge in [-0.1, -0.05) is 0 Å². The largest absolute Gasteiger partial charge is 0.484 e. The summed E-state index contributed by atoms with van der Waals surface area (Å²) in [5.74, 6) is 0.357. The van der Waals surface area contributed by atoms with Crippen molar-refractivity contribution < 1.29 is 14.8 Å².